The average Bonchev–Trinajstić information content (AvgIpc) is 2.92. The molecule has 0 amide bonds. The molecule has 0 aliphatic carbocycles. The quantitative estimate of drug-likeness (QED) is 0.780. The molecule has 0 unspecified atom stereocenters. The zero-order valence-electron chi connectivity index (χ0n) is 10.9. The van der Waals surface area contributed by atoms with Crippen molar-refractivity contribution in [2.45, 2.75) is 6.61 Å². The van der Waals surface area contributed by atoms with Gasteiger partial charge in [-0.1, -0.05) is 28.9 Å². The number of hydrogen-bond donors (Lipinski definition) is 2. The van der Waals surface area contributed by atoms with Gasteiger partial charge in [0.1, 0.15) is 17.1 Å². The van der Waals surface area contributed by atoms with E-state index in [-0.39, 0.29) is 12.4 Å². The average molecular weight is 302 g/mol. The summed E-state index contributed by atoms with van der Waals surface area (Å²) in [5, 5.41) is 27.5. The smallest absolute Gasteiger partial charge is 0.117 e. The van der Waals surface area contributed by atoms with Gasteiger partial charge in [-0.15, -0.1) is 5.10 Å². The van der Waals surface area contributed by atoms with Crippen LogP contribution in [0.5, 0.6) is 5.75 Å². The summed E-state index contributed by atoms with van der Waals surface area (Å²) in [7, 11) is 0. The van der Waals surface area contributed by atoms with Gasteiger partial charge in [0.05, 0.1) is 12.3 Å². The maximum atomic E-state index is 9.46. The summed E-state index contributed by atoms with van der Waals surface area (Å²) in [6.45, 7) is -0.222. The van der Waals surface area contributed by atoms with E-state index in [4.69, 9.17) is 11.6 Å². The van der Waals surface area contributed by atoms with Gasteiger partial charge in [-0.3, -0.25) is 0 Å². The van der Waals surface area contributed by atoms with Gasteiger partial charge in [0.25, 0.3) is 0 Å². The first-order valence-corrected chi connectivity index (χ1v) is 6.67. The van der Waals surface area contributed by atoms with Crippen molar-refractivity contribution < 1.29 is 10.2 Å². The van der Waals surface area contributed by atoms with Crippen molar-refractivity contribution in [1.82, 2.24) is 15.0 Å². The number of phenolic OH excluding ortho intramolecular Hbond substituents is 1. The van der Waals surface area contributed by atoms with E-state index in [0.717, 1.165) is 11.3 Å². The summed E-state index contributed by atoms with van der Waals surface area (Å²) >= 11 is 6.03. The normalized spacial score (nSPS) is 10.8. The molecule has 0 spiro atoms. The highest BCUT2D eigenvalue weighted by atomic mass is 35.5. The molecule has 3 rings (SSSR count). The molecule has 0 aliphatic heterocycles. The highest BCUT2D eigenvalue weighted by Crippen LogP contribution is 2.27. The van der Waals surface area contributed by atoms with Crippen LogP contribution in [0, 0.1) is 0 Å². The molecule has 3 aromatic rings. The monoisotopic (exact) mass is 301 g/mol. The van der Waals surface area contributed by atoms with Crippen LogP contribution in [0.1, 0.15) is 5.69 Å². The second-order valence-electron chi connectivity index (χ2n) is 4.48. The van der Waals surface area contributed by atoms with Crippen LogP contribution in [-0.2, 0) is 6.61 Å². The standard InChI is InChI=1S/C15H12ClN3O2/c16-11-3-1-2-10(8-11)15-14(9-20)17-18-19(15)12-4-6-13(21)7-5-12/h1-8,20-21H,9H2. The lowest BCUT2D eigenvalue weighted by molar-refractivity contribution is 0.277. The molecule has 0 saturated carbocycles. The van der Waals surface area contributed by atoms with Gasteiger partial charge in [0.2, 0.25) is 0 Å². The van der Waals surface area contributed by atoms with E-state index in [1.807, 2.05) is 12.1 Å². The minimum Gasteiger partial charge on any atom is -0.508 e. The van der Waals surface area contributed by atoms with Crippen molar-refractivity contribution >= 4 is 11.6 Å². The van der Waals surface area contributed by atoms with E-state index >= 15 is 0 Å². The largest absolute Gasteiger partial charge is 0.508 e. The van der Waals surface area contributed by atoms with Crippen molar-refractivity contribution in [2.24, 2.45) is 0 Å². The fraction of sp³-hybridized carbons (Fsp3) is 0.0667. The van der Waals surface area contributed by atoms with E-state index in [2.05, 4.69) is 10.3 Å². The van der Waals surface area contributed by atoms with Crippen LogP contribution in [-0.4, -0.2) is 25.2 Å². The number of hydrogen-bond acceptors (Lipinski definition) is 4. The van der Waals surface area contributed by atoms with E-state index < -0.39 is 0 Å². The molecule has 2 aromatic carbocycles. The molecule has 0 bridgehead atoms. The van der Waals surface area contributed by atoms with E-state index in [1.54, 1.807) is 41.1 Å². The molecule has 6 heteroatoms. The Bertz CT molecular complexity index is 769. The van der Waals surface area contributed by atoms with Gasteiger partial charge in [0, 0.05) is 10.6 Å². The van der Waals surface area contributed by atoms with Crippen LogP contribution in [0.25, 0.3) is 16.9 Å². The van der Waals surface area contributed by atoms with Crippen LogP contribution in [0.2, 0.25) is 5.02 Å². The third-order valence-electron chi connectivity index (χ3n) is 3.08. The number of aromatic nitrogens is 3. The van der Waals surface area contributed by atoms with E-state index in [1.165, 1.54) is 0 Å². The Morgan fingerprint density at radius 1 is 1.10 bits per heavy atom. The Hall–Kier alpha value is -2.37. The lowest BCUT2D eigenvalue weighted by Crippen LogP contribution is -2.00. The van der Waals surface area contributed by atoms with Crippen molar-refractivity contribution in [3.05, 3.63) is 59.2 Å². The summed E-state index contributed by atoms with van der Waals surface area (Å²) < 4.78 is 1.61. The van der Waals surface area contributed by atoms with Gasteiger partial charge < -0.3 is 10.2 Å². The maximum absolute atomic E-state index is 9.46. The van der Waals surface area contributed by atoms with Crippen molar-refractivity contribution in [2.75, 3.05) is 0 Å². The molecule has 1 heterocycles. The van der Waals surface area contributed by atoms with Crippen LogP contribution >= 0.6 is 11.6 Å². The Kier molecular flexibility index (Phi) is 3.60. The van der Waals surface area contributed by atoms with Crippen LogP contribution in [0.4, 0.5) is 0 Å². The summed E-state index contributed by atoms with van der Waals surface area (Å²) in [4.78, 5) is 0. The molecular weight excluding hydrogens is 290 g/mol. The zero-order valence-corrected chi connectivity index (χ0v) is 11.7. The summed E-state index contributed by atoms with van der Waals surface area (Å²) in [5.74, 6) is 0.172. The van der Waals surface area contributed by atoms with E-state index in [0.29, 0.717) is 16.4 Å². The maximum Gasteiger partial charge on any atom is 0.117 e. The minimum atomic E-state index is -0.222. The lowest BCUT2D eigenvalue weighted by Gasteiger charge is -2.08. The molecule has 5 nitrogen and oxygen atoms in total. The molecule has 2 N–H and O–H groups in total. The van der Waals surface area contributed by atoms with Gasteiger partial charge in [-0.25, -0.2) is 4.68 Å². The summed E-state index contributed by atoms with van der Waals surface area (Å²) in [6.07, 6.45) is 0. The molecule has 21 heavy (non-hydrogen) atoms. The molecular formula is C15H12ClN3O2. The topological polar surface area (TPSA) is 71.2 Å². The van der Waals surface area contributed by atoms with Crippen molar-refractivity contribution in [3.8, 4) is 22.7 Å². The second kappa shape index (κ2) is 5.55. The molecule has 0 radical (unpaired) electrons. The number of halogens is 1. The number of nitrogens with zero attached hydrogens (tertiary/aromatic N) is 3. The van der Waals surface area contributed by atoms with Crippen LogP contribution in [0.15, 0.2) is 48.5 Å². The Morgan fingerprint density at radius 2 is 1.86 bits per heavy atom. The lowest BCUT2D eigenvalue weighted by atomic mass is 10.1. The van der Waals surface area contributed by atoms with Gasteiger partial charge >= 0.3 is 0 Å². The molecule has 0 fully saturated rings. The zero-order chi connectivity index (χ0) is 14.8. The molecule has 0 aliphatic rings. The Balaban J connectivity index is 2.19. The predicted molar refractivity (Wildman–Crippen MR) is 79.4 cm³/mol. The minimum absolute atomic E-state index is 0.172. The van der Waals surface area contributed by atoms with E-state index in [9.17, 15) is 10.2 Å². The highest BCUT2D eigenvalue weighted by Gasteiger charge is 2.16. The highest BCUT2D eigenvalue weighted by molar-refractivity contribution is 6.30. The van der Waals surface area contributed by atoms with Crippen LogP contribution < -0.4 is 0 Å². The third kappa shape index (κ3) is 2.61. The molecule has 106 valence electrons. The number of phenols is 1. The third-order valence-corrected chi connectivity index (χ3v) is 3.32. The summed E-state index contributed by atoms with van der Waals surface area (Å²) in [5.41, 5.74) is 2.68. The first kappa shape index (κ1) is 13.6. The fourth-order valence-electron chi connectivity index (χ4n) is 2.12. The SMILES string of the molecule is OCc1nnn(-c2ccc(O)cc2)c1-c1cccc(Cl)c1. The number of rotatable bonds is 3. The van der Waals surface area contributed by atoms with Gasteiger partial charge in [-0.05, 0) is 36.4 Å². The summed E-state index contributed by atoms with van der Waals surface area (Å²) in [6, 6.07) is 13.8. The number of benzene rings is 2. The predicted octanol–water partition coefficient (Wildman–Crippen LogP) is 2.79. The number of aliphatic hydroxyl groups excluding tert-OH is 1. The molecule has 0 saturated heterocycles. The first-order valence-electron chi connectivity index (χ1n) is 6.30. The van der Waals surface area contributed by atoms with Crippen LogP contribution in [0.3, 0.4) is 0 Å². The first-order chi connectivity index (χ1) is 10.2. The molecule has 0 atom stereocenters. The number of aromatic hydroxyl groups is 1. The second-order valence-corrected chi connectivity index (χ2v) is 4.92. The Morgan fingerprint density at radius 3 is 2.52 bits per heavy atom. The van der Waals surface area contributed by atoms with Gasteiger partial charge in [0.15, 0.2) is 0 Å². The van der Waals surface area contributed by atoms with Gasteiger partial charge in [-0.2, -0.15) is 0 Å². The molecule has 1 aromatic heterocycles. The number of aliphatic hydroxyl groups is 1. The van der Waals surface area contributed by atoms with Crippen molar-refractivity contribution in [1.29, 1.82) is 0 Å². The fourth-order valence-corrected chi connectivity index (χ4v) is 2.31. The van der Waals surface area contributed by atoms with Crippen molar-refractivity contribution in [3.63, 3.8) is 0 Å². The Labute approximate surface area is 126 Å².